The molecule has 0 unspecified atom stereocenters. The number of benzene rings is 2. The van der Waals surface area contributed by atoms with Gasteiger partial charge in [-0.2, -0.15) is 13.2 Å². The third kappa shape index (κ3) is 8.81. The van der Waals surface area contributed by atoms with Crippen LogP contribution in [0.5, 0.6) is 17.2 Å². The van der Waals surface area contributed by atoms with Crippen LogP contribution in [-0.2, 0) is 4.79 Å². The Morgan fingerprint density at radius 3 is 2.38 bits per heavy atom. The van der Waals surface area contributed by atoms with E-state index in [1.54, 1.807) is 24.3 Å². The number of nitrogens with zero attached hydrogens (tertiary/aromatic N) is 1. The van der Waals surface area contributed by atoms with Gasteiger partial charge in [0.05, 0.1) is 26.5 Å². The first-order valence-electron chi connectivity index (χ1n) is 10.4. The van der Waals surface area contributed by atoms with Crippen LogP contribution in [0.15, 0.2) is 42.5 Å². The molecule has 34 heavy (non-hydrogen) atoms. The summed E-state index contributed by atoms with van der Waals surface area (Å²) in [5.74, 6) is 0.211. The highest BCUT2D eigenvalue weighted by atomic mass is 19.4. The van der Waals surface area contributed by atoms with E-state index in [1.165, 1.54) is 39.5 Å². The third-order valence-corrected chi connectivity index (χ3v) is 4.62. The fourth-order valence-electron chi connectivity index (χ4n) is 3.04. The van der Waals surface area contributed by atoms with Crippen molar-refractivity contribution in [3.8, 4) is 17.2 Å². The van der Waals surface area contributed by atoms with Crippen molar-refractivity contribution in [1.82, 2.24) is 10.2 Å². The van der Waals surface area contributed by atoms with Crippen molar-refractivity contribution in [3.63, 3.8) is 0 Å². The summed E-state index contributed by atoms with van der Waals surface area (Å²) in [6.45, 7) is -0.903. The smallest absolute Gasteiger partial charge is 0.401 e. The van der Waals surface area contributed by atoms with Crippen LogP contribution in [0.25, 0.3) is 0 Å². The van der Waals surface area contributed by atoms with Gasteiger partial charge < -0.3 is 24.8 Å². The van der Waals surface area contributed by atoms with Crippen LogP contribution in [0.3, 0.4) is 0 Å². The standard InChI is InChI=1S/C23H28F3N3O5/c1-29(15-23(24,25)26)12-6-11-27-22(31)16-9-10-19(20(13-16)33-3)34-14-21(30)28-17-7-4-5-8-18(17)32-2/h4-5,7-10,13H,6,11-12,14-15H2,1-3H3,(H,27,31)(H,28,30). The Morgan fingerprint density at radius 1 is 1.00 bits per heavy atom. The van der Waals surface area contributed by atoms with Gasteiger partial charge in [-0.1, -0.05) is 12.1 Å². The molecule has 0 bridgehead atoms. The molecule has 2 aromatic carbocycles. The highest BCUT2D eigenvalue weighted by Gasteiger charge is 2.28. The zero-order valence-electron chi connectivity index (χ0n) is 19.2. The maximum Gasteiger partial charge on any atom is 0.401 e. The normalized spacial score (nSPS) is 11.1. The van der Waals surface area contributed by atoms with Crippen molar-refractivity contribution in [2.75, 3.05) is 52.8 Å². The Labute approximate surface area is 196 Å². The van der Waals surface area contributed by atoms with Gasteiger partial charge in [-0.15, -0.1) is 0 Å². The number of anilines is 1. The summed E-state index contributed by atoms with van der Waals surface area (Å²) in [6, 6.07) is 11.4. The average molecular weight is 483 g/mol. The fourth-order valence-corrected chi connectivity index (χ4v) is 3.04. The number of para-hydroxylation sites is 2. The van der Waals surface area contributed by atoms with Gasteiger partial charge in [-0.05, 0) is 50.3 Å². The number of alkyl halides is 3. The highest BCUT2D eigenvalue weighted by molar-refractivity contribution is 5.95. The number of methoxy groups -OCH3 is 2. The van der Waals surface area contributed by atoms with Gasteiger partial charge in [0.15, 0.2) is 18.1 Å². The molecule has 11 heteroatoms. The molecule has 0 saturated heterocycles. The Hall–Kier alpha value is -3.47. The van der Waals surface area contributed by atoms with Crippen molar-refractivity contribution in [3.05, 3.63) is 48.0 Å². The maximum absolute atomic E-state index is 12.4. The van der Waals surface area contributed by atoms with Gasteiger partial charge in [0.2, 0.25) is 0 Å². The Balaban J connectivity index is 1.86. The minimum Gasteiger partial charge on any atom is -0.495 e. The van der Waals surface area contributed by atoms with E-state index in [-0.39, 0.29) is 36.8 Å². The maximum atomic E-state index is 12.4. The number of hydrogen-bond acceptors (Lipinski definition) is 6. The van der Waals surface area contributed by atoms with E-state index >= 15 is 0 Å². The molecule has 0 heterocycles. The summed E-state index contributed by atoms with van der Waals surface area (Å²) in [4.78, 5) is 25.7. The molecule has 0 aliphatic carbocycles. The van der Waals surface area contributed by atoms with Crippen LogP contribution in [0.4, 0.5) is 18.9 Å². The van der Waals surface area contributed by atoms with Crippen LogP contribution < -0.4 is 24.8 Å². The lowest BCUT2D eigenvalue weighted by Gasteiger charge is -2.18. The van der Waals surface area contributed by atoms with Crippen molar-refractivity contribution < 1.29 is 37.0 Å². The summed E-state index contributed by atoms with van der Waals surface area (Å²) < 4.78 is 53.0. The first kappa shape index (κ1) is 26.8. The number of rotatable bonds is 12. The number of nitrogens with one attached hydrogen (secondary N) is 2. The average Bonchev–Trinajstić information content (AvgIpc) is 2.79. The number of carbonyl (C=O) groups is 2. The zero-order valence-corrected chi connectivity index (χ0v) is 19.2. The van der Waals surface area contributed by atoms with Crippen LogP contribution >= 0.6 is 0 Å². The monoisotopic (exact) mass is 483 g/mol. The van der Waals surface area contributed by atoms with Gasteiger partial charge in [0.1, 0.15) is 5.75 Å². The van der Waals surface area contributed by atoms with Crippen molar-refractivity contribution in [2.45, 2.75) is 12.6 Å². The quantitative estimate of drug-likeness (QED) is 0.451. The van der Waals surface area contributed by atoms with Crippen LogP contribution in [0.1, 0.15) is 16.8 Å². The van der Waals surface area contributed by atoms with Crippen molar-refractivity contribution in [2.24, 2.45) is 0 Å². The lowest BCUT2D eigenvalue weighted by Crippen LogP contribution is -2.33. The van der Waals surface area contributed by atoms with Gasteiger partial charge in [0, 0.05) is 12.1 Å². The number of amides is 2. The molecule has 2 rings (SSSR count). The van der Waals surface area contributed by atoms with Gasteiger partial charge in [-0.25, -0.2) is 0 Å². The minimum atomic E-state index is -4.26. The first-order chi connectivity index (χ1) is 16.1. The van der Waals surface area contributed by atoms with Crippen molar-refractivity contribution in [1.29, 1.82) is 0 Å². The van der Waals surface area contributed by atoms with E-state index in [2.05, 4.69) is 10.6 Å². The second-order valence-corrected chi connectivity index (χ2v) is 7.37. The molecule has 186 valence electrons. The molecule has 0 fully saturated rings. The topological polar surface area (TPSA) is 89.1 Å². The summed E-state index contributed by atoms with van der Waals surface area (Å²) >= 11 is 0. The van der Waals surface area contributed by atoms with Crippen LogP contribution in [0.2, 0.25) is 0 Å². The molecule has 2 amide bonds. The number of hydrogen-bond donors (Lipinski definition) is 2. The number of halogens is 3. The highest BCUT2D eigenvalue weighted by Crippen LogP contribution is 2.28. The molecule has 2 N–H and O–H groups in total. The lowest BCUT2D eigenvalue weighted by atomic mass is 10.2. The van der Waals surface area contributed by atoms with Crippen LogP contribution in [0, 0.1) is 0 Å². The summed E-state index contributed by atoms with van der Waals surface area (Å²) in [5.41, 5.74) is 0.786. The zero-order chi connectivity index (χ0) is 25.1. The first-order valence-corrected chi connectivity index (χ1v) is 10.4. The number of ether oxygens (including phenoxy) is 3. The van der Waals surface area contributed by atoms with Gasteiger partial charge in [0.25, 0.3) is 11.8 Å². The molecule has 0 atom stereocenters. The Morgan fingerprint density at radius 2 is 1.71 bits per heavy atom. The molecule has 0 spiro atoms. The summed E-state index contributed by atoms with van der Waals surface area (Å²) in [6.07, 6.45) is -3.90. The number of carbonyl (C=O) groups excluding carboxylic acids is 2. The SMILES string of the molecule is COc1ccccc1NC(=O)COc1ccc(C(=O)NCCCN(C)CC(F)(F)F)cc1OC. The summed E-state index contributed by atoms with van der Waals surface area (Å²) in [5, 5.41) is 5.35. The minimum absolute atomic E-state index is 0.187. The fraction of sp³-hybridized carbons (Fsp3) is 0.391. The Kier molecular flexibility index (Phi) is 9.99. The van der Waals surface area contributed by atoms with Crippen molar-refractivity contribution >= 4 is 17.5 Å². The second kappa shape index (κ2) is 12.7. The van der Waals surface area contributed by atoms with E-state index < -0.39 is 24.5 Å². The third-order valence-electron chi connectivity index (χ3n) is 4.62. The molecule has 8 nitrogen and oxygen atoms in total. The molecule has 0 aliphatic heterocycles. The Bertz CT molecular complexity index is 969. The van der Waals surface area contributed by atoms with Gasteiger partial charge >= 0.3 is 6.18 Å². The molecule has 0 aliphatic rings. The molecular weight excluding hydrogens is 455 g/mol. The van der Waals surface area contributed by atoms with Gasteiger partial charge in [-0.3, -0.25) is 14.5 Å². The van der Waals surface area contributed by atoms with E-state index in [4.69, 9.17) is 14.2 Å². The lowest BCUT2D eigenvalue weighted by molar-refractivity contribution is -0.143. The van der Waals surface area contributed by atoms with Crippen LogP contribution in [-0.4, -0.2) is 70.4 Å². The molecular formula is C23H28F3N3O5. The molecule has 0 radical (unpaired) electrons. The largest absolute Gasteiger partial charge is 0.495 e. The van der Waals surface area contributed by atoms with E-state index in [0.717, 1.165) is 4.90 Å². The van der Waals surface area contributed by atoms with E-state index in [0.29, 0.717) is 17.9 Å². The molecule has 2 aromatic rings. The molecule has 0 saturated carbocycles. The molecule has 0 aromatic heterocycles. The second-order valence-electron chi connectivity index (χ2n) is 7.37. The predicted octanol–water partition coefficient (Wildman–Crippen LogP) is 3.34. The van der Waals surface area contributed by atoms with E-state index in [1.807, 2.05) is 0 Å². The van der Waals surface area contributed by atoms with E-state index in [9.17, 15) is 22.8 Å². The predicted molar refractivity (Wildman–Crippen MR) is 121 cm³/mol. The summed E-state index contributed by atoms with van der Waals surface area (Å²) in [7, 11) is 4.27.